The number of hydrogen-bond acceptors (Lipinski definition) is 6. The number of carbonyl (C=O) groups is 1. The number of ether oxygens (including phenoxy) is 3. The third-order valence-corrected chi connectivity index (χ3v) is 5.96. The summed E-state index contributed by atoms with van der Waals surface area (Å²) < 4.78 is 17.2. The Morgan fingerprint density at radius 2 is 1.77 bits per heavy atom. The lowest BCUT2D eigenvalue weighted by molar-refractivity contribution is -0.113. The van der Waals surface area contributed by atoms with Crippen molar-refractivity contribution in [3.63, 3.8) is 0 Å². The highest BCUT2D eigenvalue weighted by molar-refractivity contribution is 7.99. The van der Waals surface area contributed by atoms with Crippen LogP contribution in [0.2, 0.25) is 5.02 Å². The van der Waals surface area contributed by atoms with Crippen LogP contribution in [0.3, 0.4) is 0 Å². The highest BCUT2D eigenvalue weighted by Gasteiger charge is 2.20. The van der Waals surface area contributed by atoms with Crippen LogP contribution in [0.5, 0.6) is 11.5 Å². The number of hydrogen-bond donors (Lipinski definition) is 1. The van der Waals surface area contributed by atoms with Crippen LogP contribution >= 0.6 is 23.4 Å². The number of benzene rings is 2. The molecule has 0 unspecified atom stereocenters. The van der Waals surface area contributed by atoms with Crippen molar-refractivity contribution in [1.82, 2.24) is 0 Å². The zero-order valence-electron chi connectivity index (χ0n) is 18.0. The van der Waals surface area contributed by atoms with Crippen molar-refractivity contribution < 1.29 is 19.0 Å². The standard InChI is InChI=1S/C23H29ClN2O4S/c1-3-29-21-14-20(26-9-11-28-12-10-26)22(30-4-2)13-19(21)25-23(27)16-31-15-17-5-7-18(24)8-6-17/h5-8,13-14H,3-4,9-12,15-16H2,1-2H3,(H,25,27). The first-order chi connectivity index (χ1) is 15.1. The fourth-order valence-electron chi connectivity index (χ4n) is 3.27. The highest BCUT2D eigenvalue weighted by Crippen LogP contribution is 2.39. The van der Waals surface area contributed by atoms with E-state index in [4.69, 9.17) is 25.8 Å². The van der Waals surface area contributed by atoms with Crippen LogP contribution in [-0.4, -0.2) is 51.2 Å². The lowest BCUT2D eigenvalue weighted by Gasteiger charge is -2.31. The molecular weight excluding hydrogens is 436 g/mol. The largest absolute Gasteiger partial charge is 0.492 e. The van der Waals surface area contributed by atoms with Gasteiger partial charge in [-0.15, -0.1) is 11.8 Å². The minimum absolute atomic E-state index is 0.0820. The van der Waals surface area contributed by atoms with Crippen LogP contribution in [0.1, 0.15) is 19.4 Å². The second kappa shape index (κ2) is 12.1. The first-order valence-corrected chi connectivity index (χ1v) is 12.0. The number of nitrogens with one attached hydrogen (secondary N) is 1. The molecule has 1 aliphatic heterocycles. The van der Waals surface area contributed by atoms with E-state index in [0.717, 1.165) is 35.8 Å². The van der Waals surface area contributed by atoms with Crippen molar-refractivity contribution in [2.75, 3.05) is 55.5 Å². The predicted molar refractivity (Wildman–Crippen MR) is 128 cm³/mol. The predicted octanol–water partition coefficient (Wildman–Crippen LogP) is 4.85. The molecule has 1 aliphatic rings. The summed E-state index contributed by atoms with van der Waals surface area (Å²) in [4.78, 5) is 14.8. The average molecular weight is 465 g/mol. The van der Waals surface area contributed by atoms with Gasteiger partial charge in [0.25, 0.3) is 0 Å². The number of thioether (sulfide) groups is 1. The summed E-state index contributed by atoms with van der Waals surface area (Å²) in [6.07, 6.45) is 0. The lowest BCUT2D eigenvalue weighted by atomic mass is 10.2. The van der Waals surface area contributed by atoms with E-state index in [0.29, 0.717) is 48.6 Å². The molecule has 0 atom stereocenters. The van der Waals surface area contributed by atoms with E-state index >= 15 is 0 Å². The van der Waals surface area contributed by atoms with Crippen LogP contribution < -0.4 is 19.7 Å². The molecule has 1 amide bonds. The van der Waals surface area contributed by atoms with Crippen LogP contribution in [0.15, 0.2) is 36.4 Å². The molecule has 2 aromatic rings. The first-order valence-electron chi connectivity index (χ1n) is 10.5. The van der Waals surface area contributed by atoms with Crippen LogP contribution in [0.4, 0.5) is 11.4 Å². The molecule has 3 rings (SSSR count). The van der Waals surface area contributed by atoms with E-state index in [9.17, 15) is 4.79 Å². The molecule has 0 aliphatic carbocycles. The van der Waals surface area contributed by atoms with Gasteiger partial charge < -0.3 is 24.4 Å². The molecule has 1 fully saturated rings. The number of anilines is 2. The van der Waals surface area contributed by atoms with E-state index in [-0.39, 0.29) is 5.91 Å². The summed E-state index contributed by atoms with van der Waals surface area (Å²) in [5.74, 6) is 2.37. The van der Waals surface area contributed by atoms with Crippen LogP contribution in [-0.2, 0) is 15.3 Å². The molecule has 8 heteroatoms. The van der Waals surface area contributed by atoms with Gasteiger partial charge in [0, 0.05) is 36.0 Å². The lowest BCUT2D eigenvalue weighted by Crippen LogP contribution is -2.36. The molecule has 31 heavy (non-hydrogen) atoms. The number of morpholine rings is 1. The van der Waals surface area contributed by atoms with Crippen molar-refractivity contribution >= 4 is 40.6 Å². The van der Waals surface area contributed by atoms with Gasteiger partial charge in [-0.2, -0.15) is 0 Å². The maximum atomic E-state index is 12.6. The van der Waals surface area contributed by atoms with E-state index in [1.807, 2.05) is 50.2 Å². The van der Waals surface area contributed by atoms with Gasteiger partial charge in [-0.25, -0.2) is 0 Å². The Kier molecular flexibility index (Phi) is 9.18. The molecule has 1 N–H and O–H groups in total. The molecule has 0 spiro atoms. The normalized spacial score (nSPS) is 13.7. The summed E-state index contributed by atoms with van der Waals surface area (Å²) in [7, 11) is 0. The zero-order valence-corrected chi connectivity index (χ0v) is 19.6. The van der Waals surface area contributed by atoms with Gasteiger partial charge in [0.2, 0.25) is 5.91 Å². The Bertz CT molecular complexity index is 857. The van der Waals surface area contributed by atoms with Gasteiger partial charge in [-0.05, 0) is 31.5 Å². The smallest absolute Gasteiger partial charge is 0.234 e. The van der Waals surface area contributed by atoms with Crippen molar-refractivity contribution in [3.05, 3.63) is 47.0 Å². The molecule has 0 saturated carbocycles. The van der Waals surface area contributed by atoms with Gasteiger partial charge in [-0.1, -0.05) is 23.7 Å². The Balaban J connectivity index is 1.69. The molecule has 0 radical (unpaired) electrons. The van der Waals surface area contributed by atoms with Crippen LogP contribution in [0.25, 0.3) is 0 Å². The van der Waals surface area contributed by atoms with E-state index in [1.54, 1.807) is 11.8 Å². The van der Waals surface area contributed by atoms with Gasteiger partial charge >= 0.3 is 0 Å². The van der Waals surface area contributed by atoms with Crippen molar-refractivity contribution in [1.29, 1.82) is 0 Å². The van der Waals surface area contributed by atoms with Gasteiger partial charge in [-0.3, -0.25) is 4.79 Å². The summed E-state index contributed by atoms with van der Waals surface area (Å²) in [5, 5.41) is 3.70. The van der Waals surface area contributed by atoms with Crippen LogP contribution in [0, 0.1) is 0 Å². The molecular formula is C23H29ClN2O4S. The summed E-state index contributed by atoms with van der Waals surface area (Å²) in [6, 6.07) is 11.5. The fourth-order valence-corrected chi connectivity index (χ4v) is 4.19. The number of amides is 1. The maximum absolute atomic E-state index is 12.6. The molecule has 0 aromatic heterocycles. The molecule has 0 bridgehead atoms. The monoisotopic (exact) mass is 464 g/mol. The van der Waals surface area contributed by atoms with Gasteiger partial charge in [0.15, 0.2) is 0 Å². The number of halogens is 1. The minimum Gasteiger partial charge on any atom is -0.492 e. The maximum Gasteiger partial charge on any atom is 0.234 e. The van der Waals surface area contributed by atoms with E-state index in [2.05, 4.69) is 10.2 Å². The van der Waals surface area contributed by atoms with Gasteiger partial charge in [0.05, 0.1) is 43.6 Å². The number of carbonyl (C=O) groups excluding carboxylic acids is 1. The molecule has 2 aromatic carbocycles. The van der Waals surface area contributed by atoms with Crippen molar-refractivity contribution in [3.8, 4) is 11.5 Å². The highest BCUT2D eigenvalue weighted by atomic mass is 35.5. The summed E-state index contributed by atoms with van der Waals surface area (Å²) in [5.41, 5.74) is 2.72. The minimum atomic E-state index is -0.0820. The topological polar surface area (TPSA) is 60.0 Å². The number of rotatable bonds is 10. The fraction of sp³-hybridized carbons (Fsp3) is 0.435. The quantitative estimate of drug-likeness (QED) is 0.542. The average Bonchev–Trinajstić information content (AvgIpc) is 2.77. The third kappa shape index (κ3) is 6.95. The van der Waals surface area contributed by atoms with Gasteiger partial charge in [0.1, 0.15) is 11.5 Å². The third-order valence-electron chi connectivity index (χ3n) is 4.70. The number of nitrogens with zero attached hydrogens (tertiary/aromatic N) is 1. The van der Waals surface area contributed by atoms with E-state index < -0.39 is 0 Å². The molecule has 1 heterocycles. The van der Waals surface area contributed by atoms with Crippen molar-refractivity contribution in [2.24, 2.45) is 0 Å². The Morgan fingerprint density at radius 1 is 1.10 bits per heavy atom. The Morgan fingerprint density at radius 3 is 2.45 bits per heavy atom. The Hall–Kier alpha value is -2.09. The Labute approximate surface area is 193 Å². The molecule has 1 saturated heterocycles. The van der Waals surface area contributed by atoms with Crippen molar-refractivity contribution in [2.45, 2.75) is 19.6 Å². The SMILES string of the molecule is CCOc1cc(N2CCOCC2)c(OCC)cc1NC(=O)CSCc1ccc(Cl)cc1. The summed E-state index contributed by atoms with van der Waals surface area (Å²) in [6.45, 7) is 7.86. The summed E-state index contributed by atoms with van der Waals surface area (Å²) >= 11 is 7.47. The molecule has 168 valence electrons. The second-order valence-corrected chi connectivity index (χ2v) is 8.37. The zero-order chi connectivity index (χ0) is 22.1. The van der Waals surface area contributed by atoms with E-state index in [1.165, 1.54) is 0 Å². The second-order valence-electron chi connectivity index (χ2n) is 6.95. The molecule has 6 nitrogen and oxygen atoms in total. The first kappa shape index (κ1) is 23.6.